The summed E-state index contributed by atoms with van der Waals surface area (Å²) in [5.41, 5.74) is 2.03. The molecule has 6 nitrogen and oxygen atoms in total. The fourth-order valence-corrected chi connectivity index (χ4v) is 5.71. The average molecular weight is 449 g/mol. The zero-order chi connectivity index (χ0) is 20.4. The van der Waals surface area contributed by atoms with Gasteiger partial charge in [0.1, 0.15) is 0 Å². The van der Waals surface area contributed by atoms with E-state index in [9.17, 15) is 8.42 Å². The Morgan fingerprint density at radius 2 is 2.03 bits per heavy atom. The van der Waals surface area contributed by atoms with Crippen molar-refractivity contribution in [3.63, 3.8) is 0 Å². The molecule has 0 unspecified atom stereocenters. The highest BCUT2D eigenvalue weighted by Gasteiger charge is 2.27. The van der Waals surface area contributed by atoms with Crippen LogP contribution in [0.1, 0.15) is 6.42 Å². The smallest absolute Gasteiger partial charge is 0.263 e. The molecular formula is C20H21ClN4O2S2. The van der Waals surface area contributed by atoms with Crippen molar-refractivity contribution in [1.29, 1.82) is 0 Å². The molecule has 0 radical (unpaired) electrons. The van der Waals surface area contributed by atoms with Crippen LogP contribution in [0.25, 0.3) is 0 Å². The highest BCUT2D eigenvalue weighted by molar-refractivity contribution is 7.93. The van der Waals surface area contributed by atoms with Gasteiger partial charge in [0.05, 0.1) is 15.6 Å². The van der Waals surface area contributed by atoms with Crippen molar-refractivity contribution in [3.05, 3.63) is 65.1 Å². The van der Waals surface area contributed by atoms with Gasteiger partial charge in [-0.25, -0.2) is 13.4 Å². The third kappa shape index (κ3) is 4.34. The van der Waals surface area contributed by atoms with Crippen LogP contribution in [0, 0.1) is 0 Å². The summed E-state index contributed by atoms with van der Waals surface area (Å²) in [6, 6.07) is 15.5. The lowest BCUT2D eigenvalue weighted by molar-refractivity contribution is 0.601. The van der Waals surface area contributed by atoms with Gasteiger partial charge in [-0.1, -0.05) is 29.8 Å². The van der Waals surface area contributed by atoms with Crippen LogP contribution in [-0.2, 0) is 10.0 Å². The topological polar surface area (TPSA) is 65.5 Å². The normalized spacial score (nSPS) is 16.8. The second-order valence-corrected chi connectivity index (χ2v) is 9.88. The van der Waals surface area contributed by atoms with Crippen LogP contribution in [0.2, 0.25) is 5.02 Å². The van der Waals surface area contributed by atoms with Crippen molar-refractivity contribution < 1.29 is 8.42 Å². The number of aromatic nitrogens is 1. The number of anilines is 3. The van der Waals surface area contributed by atoms with E-state index in [1.165, 1.54) is 23.1 Å². The van der Waals surface area contributed by atoms with Crippen molar-refractivity contribution in [1.82, 2.24) is 4.98 Å². The fraction of sp³-hybridized carbons (Fsp3) is 0.250. The number of hydrogen-bond donors (Lipinski definition) is 1. The number of halogens is 1. The third-order valence-corrected chi connectivity index (χ3v) is 7.55. The first-order valence-electron chi connectivity index (χ1n) is 9.19. The van der Waals surface area contributed by atoms with E-state index in [1.54, 1.807) is 23.7 Å². The summed E-state index contributed by atoms with van der Waals surface area (Å²) in [4.78, 5) is 8.57. The Bertz CT molecular complexity index is 1080. The third-order valence-electron chi connectivity index (χ3n) is 5.10. The quantitative estimate of drug-likeness (QED) is 0.608. The van der Waals surface area contributed by atoms with Gasteiger partial charge in [0.15, 0.2) is 5.13 Å². The molecule has 0 bridgehead atoms. The zero-order valence-corrected chi connectivity index (χ0v) is 18.2. The largest absolute Gasteiger partial charge is 0.369 e. The van der Waals surface area contributed by atoms with Gasteiger partial charge in [0.25, 0.3) is 10.0 Å². The molecule has 4 rings (SSSR count). The van der Waals surface area contributed by atoms with Gasteiger partial charge in [-0.2, -0.15) is 0 Å². The van der Waals surface area contributed by atoms with Crippen LogP contribution in [-0.4, -0.2) is 39.6 Å². The summed E-state index contributed by atoms with van der Waals surface area (Å²) in [5.74, 6) is 0. The second-order valence-electron chi connectivity index (χ2n) is 6.89. The predicted molar refractivity (Wildman–Crippen MR) is 120 cm³/mol. The van der Waals surface area contributed by atoms with Crippen molar-refractivity contribution in [2.45, 2.75) is 17.4 Å². The van der Waals surface area contributed by atoms with Gasteiger partial charge in [0.2, 0.25) is 0 Å². The zero-order valence-electron chi connectivity index (χ0n) is 15.8. The monoisotopic (exact) mass is 448 g/mol. The van der Waals surface area contributed by atoms with Crippen LogP contribution in [0.15, 0.2) is 65.0 Å². The van der Waals surface area contributed by atoms with Crippen LogP contribution in [0.3, 0.4) is 0 Å². The lowest BCUT2D eigenvalue weighted by atomic mass is 10.2. The highest BCUT2D eigenvalue weighted by Crippen LogP contribution is 2.32. The molecule has 9 heteroatoms. The van der Waals surface area contributed by atoms with E-state index >= 15 is 0 Å². The van der Waals surface area contributed by atoms with E-state index in [2.05, 4.69) is 31.6 Å². The van der Waals surface area contributed by atoms with Crippen LogP contribution in [0.5, 0.6) is 0 Å². The Kier molecular flexibility index (Phi) is 5.67. The Morgan fingerprint density at radius 3 is 2.72 bits per heavy atom. The predicted octanol–water partition coefficient (Wildman–Crippen LogP) is 4.31. The van der Waals surface area contributed by atoms with Crippen molar-refractivity contribution >= 4 is 49.5 Å². The van der Waals surface area contributed by atoms with E-state index in [1.807, 2.05) is 25.2 Å². The maximum Gasteiger partial charge on any atom is 0.263 e. The van der Waals surface area contributed by atoms with E-state index in [4.69, 9.17) is 11.6 Å². The molecule has 1 aromatic heterocycles. The number of thiazole rings is 1. The number of rotatable bonds is 6. The molecule has 3 aromatic rings. The molecule has 0 spiro atoms. The first-order chi connectivity index (χ1) is 13.9. The van der Waals surface area contributed by atoms with E-state index in [0.717, 1.165) is 25.2 Å². The summed E-state index contributed by atoms with van der Waals surface area (Å²) < 4.78 is 27.6. The molecule has 29 heavy (non-hydrogen) atoms. The highest BCUT2D eigenvalue weighted by atomic mass is 35.5. The average Bonchev–Trinajstić information content (AvgIpc) is 3.40. The minimum absolute atomic E-state index is 0.118. The minimum atomic E-state index is -3.73. The Labute approximate surface area is 179 Å². The number of sulfonamides is 1. The molecule has 1 atom stereocenters. The molecule has 2 aromatic carbocycles. The summed E-state index contributed by atoms with van der Waals surface area (Å²) in [5, 5.41) is 2.45. The number of likely N-dealkylation sites (N-methyl/N-ethyl adjacent to an activating group) is 1. The molecule has 1 saturated heterocycles. The van der Waals surface area contributed by atoms with Crippen molar-refractivity contribution in [3.8, 4) is 0 Å². The second kappa shape index (κ2) is 8.22. The van der Waals surface area contributed by atoms with Gasteiger partial charge in [-0.05, 0) is 36.8 Å². The Hall–Kier alpha value is -2.29. The molecule has 1 fully saturated rings. The van der Waals surface area contributed by atoms with E-state index in [-0.39, 0.29) is 4.90 Å². The lowest BCUT2D eigenvalue weighted by Gasteiger charge is -2.28. The first kappa shape index (κ1) is 20.0. The molecular weight excluding hydrogens is 428 g/mol. The summed E-state index contributed by atoms with van der Waals surface area (Å²) in [6.07, 6.45) is 2.56. The fourth-order valence-electron chi connectivity index (χ4n) is 3.52. The van der Waals surface area contributed by atoms with Gasteiger partial charge >= 0.3 is 0 Å². The number of nitrogens with one attached hydrogen (secondary N) is 1. The first-order valence-corrected chi connectivity index (χ1v) is 11.9. The van der Waals surface area contributed by atoms with Gasteiger partial charge in [0, 0.05) is 43.4 Å². The molecule has 0 aliphatic carbocycles. The van der Waals surface area contributed by atoms with Crippen LogP contribution in [0.4, 0.5) is 16.5 Å². The van der Waals surface area contributed by atoms with Gasteiger partial charge in [-0.15, -0.1) is 11.3 Å². The van der Waals surface area contributed by atoms with Gasteiger partial charge < -0.3 is 9.80 Å². The van der Waals surface area contributed by atoms with Crippen LogP contribution < -0.4 is 14.5 Å². The molecule has 1 N–H and O–H groups in total. The molecule has 0 saturated carbocycles. The molecule has 1 aliphatic rings. The van der Waals surface area contributed by atoms with Crippen molar-refractivity contribution in [2.75, 3.05) is 34.7 Å². The van der Waals surface area contributed by atoms with Gasteiger partial charge in [-0.3, -0.25) is 4.72 Å². The number of para-hydroxylation sites is 1. The van der Waals surface area contributed by atoms with Crippen molar-refractivity contribution in [2.24, 2.45) is 0 Å². The summed E-state index contributed by atoms with van der Waals surface area (Å²) in [6.45, 7) is 1.86. The Balaban J connectivity index is 1.49. The minimum Gasteiger partial charge on any atom is -0.369 e. The maximum atomic E-state index is 12.6. The number of nitrogens with zero attached hydrogens (tertiary/aromatic N) is 3. The summed E-state index contributed by atoms with van der Waals surface area (Å²) in [7, 11) is -1.72. The molecule has 1 aliphatic heterocycles. The molecule has 0 amide bonds. The molecule has 152 valence electrons. The standard InChI is InChI=1S/C20H21ClN4O2S2/c1-24(16-9-11-25(14-16)15-5-3-2-4-6-15)19-8-7-17(13-18(19)21)29(26,27)23-20-22-10-12-28-20/h2-8,10,12-13,16H,9,11,14H2,1H3,(H,22,23)/t16-/m0/s1. The number of hydrogen-bond acceptors (Lipinski definition) is 6. The Morgan fingerprint density at radius 1 is 1.24 bits per heavy atom. The maximum absolute atomic E-state index is 12.6. The molecule has 2 heterocycles. The van der Waals surface area contributed by atoms with Crippen LogP contribution >= 0.6 is 22.9 Å². The van der Waals surface area contributed by atoms with E-state index in [0.29, 0.717) is 16.2 Å². The SMILES string of the molecule is CN(c1ccc(S(=O)(=O)Nc2nccs2)cc1Cl)[C@H]1CCN(c2ccccc2)C1. The summed E-state index contributed by atoms with van der Waals surface area (Å²) >= 11 is 7.71. The lowest BCUT2D eigenvalue weighted by Crippen LogP contribution is -2.34. The number of benzene rings is 2. The van der Waals surface area contributed by atoms with E-state index < -0.39 is 10.0 Å².